The van der Waals surface area contributed by atoms with Crippen LogP contribution in [0.1, 0.15) is 24.0 Å². The highest BCUT2D eigenvalue weighted by molar-refractivity contribution is 5.56. The Kier molecular flexibility index (Phi) is 7.90. The molecular formula is C29H32FN9O. The van der Waals surface area contributed by atoms with Gasteiger partial charge in [-0.3, -0.25) is 0 Å². The number of nitrogens with one attached hydrogen (secondary N) is 2. The minimum atomic E-state index is -0.424. The van der Waals surface area contributed by atoms with E-state index in [0.29, 0.717) is 24.8 Å². The Morgan fingerprint density at radius 3 is 2.40 bits per heavy atom. The van der Waals surface area contributed by atoms with Gasteiger partial charge in [0.1, 0.15) is 24.0 Å². The molecule has 0 bridgehead atoms. The molecule has 2 aliphatic rings. The summed E-state index contributed by atoms with van der Waals surface area (Å²) in [5.74, 6) is 1.64. The quantitative estimate of drug-likeness (QED) is 0.344. The lowest BCUT2D eigenvalue weighted by molar-refractivity contribution is 0.166. The zero-order valence-electron chi connectivity index (χ0n) is 22.2. The first-order valence-corrected chi connectivity index (χ1v) is 13.7. The number of anilines is 4. The zero-order valence-corrected chi connectivity index (χ0v) is 22.2. The Labute approximate surface area is 232 Å². The van der Waals surface area contributed by atoms with Crippen molar-refractivity contribution in [3.05, 3.63) is 84.2 Å². The van der Waals surface area contributed by atoms with E-state index in [-0.39, 0.29) is 17.7 Å². The van der Waals surface area contributed by atoms with Gasteiger partial charge in [0.15, 0.2) is 0 Å². The summed E-state index contributed by atoms with van der Waals surface area (Å²) in [5, 5.41) is 6.28. The Hall–Kier alpha value is -4.38. The molecule has 206 valence electrons. The third kappa shape index (κ3) is 6.42. The molecule has 1 atom stereocenters. The minimum absolute atomic E-state index is 0.0593. The van der Waals surface area contributed by atoms with Crippen LogP contribution in [0.2, 0.25) is 0 Å². The van der Waals surface area contributed by atoms with Crippen molar-refractivity contribution in [2.24, 2.45) is 0 Å². The molecule has 4 aromatic rings. The fraction of sp³-hybridized carbons (Fsp3) is 0.345. The van der Waals surface area contributed by atoms with Gasteiger partial charge in [0, 0.05) is 57.6 Å². The molecule has 2 aromatic carbocycles. The van der Waals surface area contributed by atoms with E-state index in [2.05, 4.69) is 57.5 Å². The molecule has 2 fully saturated rings. The SMILES string of the molecule is Fc1cc(O[C@H]2CCCNC2)ccc1Nc1ncnc(N2CCN(c3ncc(Cc4ccccc4)cn3)CC2)n1. The van der Waals surface area contributed by atoms with Crippen molar-refractivity contribution >= 4 is 23.5 Å². The summed E-state index contributed by atoms with van der Waals surface area (Å²) in [4.78, 5) is 26.5. The van der Waals surface area contributed by atoms with Gasteiger partial charge in [-0.15, -0.1) is 0 Å². The van der Waals surface area contributed by atoms with Crippen LogP contribution in [0.15, 0.2) is 67.3 Å². The van der Waals surface area contributed by atoms with Gasteiger partial charge < -0.3 is 25.2 Å². The lowest BCUT2D eigenvalue weighted by Crippen LogP contribution is -2.47. The smallest absolute Gasteiger partial charge is 0.232 e. The molecule has 0 spiro atoms. The van der Waals surface area contributed by atoms with Crippen LogP contribution in [0.3, 0.4) is 0 Å². The number of hydrogen-bond donors (Lipinski definition) is 2. The Balaban J connectivity index is 1.03. The Morgan fingerprint density at radius 1 is 0.900 bits per heavy atom. The van der Waals surface area contributed by atoms with E-state index in [9.17, 15) is 4.39 Å². The summed E-state index contributed by atoms with van der Waals surface area (Å²) in [6, 6.07) is 15.1. The Bertz CT molecular complexity index is 1390. The summed E-state index contributed by atoms with van der Waals surface area (Å²) in [6.45, 7) is 4.65. The van der Waals surface area contributed by atoms with Gasteiger partial charge in [-0.1, -0.05) is 30.3 Å². The van der Waals surface area contributed by atoms with Crippen LogP contribution in [0, 0.1) is 5.82 Å². The van der Waals surface area contributed by atoms with Gasteiger partial charge in [0.25, 0.3) is 0 Å². The number of ether oxygens (including phenoxy) is 1. The maximum Gasteiger partial charge on any atom is 0.232 e. The van der Waals surface area contributed by atoms with E-state index >= 15 is 0 Å². The number of rotatable bonds is 8. The number of aromatic nitrogens is 5. The molecule has 4 heterocycles. The molecule has 2 saturated heterocycles. The third-order valence-corrected chi connectivity index (χ3v) is 7.09. The van der Waals surface area contributed by atoms with E-state index in [1.807, 2.05) is 30.6 Å². The maximum atomic E-state index is 14.8. The minimum Gasteiger partial charge on any atom is -0.489 e. The average molecular weight is 542 g/mol. The van der Waals surface area contributed by atoms with Gasteiger partial charge in [-0.05, 0) is 42.6 Å². The number of piperidine rings is 1. The zero-order chi connectivity index (χ0) is 27.1. The van der Waals surface area contributed by atoms with Crippen molar-refractivity contribution in [2.75, 3.05) is 54.4 Å². The second-order valence-electron chi connectivity index (χ2n) is 9.99. The fourth-order valence-corrected chi connectivity index (χ4v) is 4.94. The number of piperazine rings is 1. The van der Waals surface area contributed by atoms with Crippen LogP contribution in [-0.2, 0) is 6.42 Å². The predicted molar refractivity (Wildman–Crippen MR) is 152 cm³/mol. The van der Waals surface area contributed by atoms with Crippen molar-refractivity contribution in [3.8, 4) is 5.75 Å². The lowest BCUT2D eigenvalue weighted by atomic mass is 10.1. The summed E-state index contributed by atoms with van der Waals surface area (Å²) < 4.78 is 20.7. The van der Waals surface area contributed by atoms with Crippen LogP contribution in [0.5, 0.6) is 5.75 Å². The van der Waals surface area contributed by atoms with Crippen LogP contribution < -0.4 is 25.2 Å². The van der Waals surface area contributed by atoms with E-state index in [0.717, 1.165) is 57.0 Å². The topological polar surface area (TPSA) is 104 Å². The second kappa shape index (κ2) is 12.2. The van der Waals surface area contributed by atoms with Crippen LogP contribution >= 0.6 is 0 Å². The first kappa shape index (κ1) is 25.9. The molecule has 2 aromatic heterocycles. The molecule has 0 aliphatic carbocycles. The molecule has 6 rings (SSSR count). The van der Waals surface area contributed by atoms with Crippen LogP contribution in [0.4, 0.5) is 27.9 Å². The molecule has 11 heteroatoms. The molecule has 2 aliphatic heterocycles. The Morgan fingerprint density at radius 2 is 1.68 bits per heavy atom. The van der Waals surface area contributed by atoms with Crippen molar-refractivity contribution in [1.82, 2.24) is 30.2 Å². The molecule has 2 N–H and O–H groups in total. The second-order valence-corrected chi connectivity index (χ2v) is 9.99. The molecular weight excluding hydrogens is 509 g/mol. The predicted octanol–water partition coefficient (Wildman–Crippen LogP) is 3.59. The highest BCUT2D eigenvalue weighted by Gasteiger charge is 2.22. The molecule has 0 saturated carbocycles. The molecule has 40 heavy (non-hydrogen) atoms. The first-order chi connectivity index (χ1) is 19.7. The summed E-state index contributed by atoms with van der Waals surface area (Å²) >= 11 is 0. The normalized spacial score (nSPS) is 17.5. The van der Waals surface area contributed by atoms with E-state index in [1.54, 1.807) is 12.1 Å². The van der Waals surface area contributed by atoms with Gasteiger partial charge in [0.05, 0.1) is 5.69 Å². The fourth-order valence-electron chi connectivity index (χ4n) is 4.94. The molecule has 0 amide bonds. The summed E-state index contributed by atoms with van der Waals surface area (Å²) in [6.07, 6.45) is 8.13. The lowest BCUT2D eigenvalue weighted by Gasteiger charge is -2.34. The largest absolute Gasteiger partial charge is 0.489 e. The summed E-state index contributed by atoms with van der Waals surface area (Å²) in [7, 11) is 0. The van der Waals surface area contributed by atoms with Crippen LogP contribution in [0.25, 0.3) is 0 Å². The van der Waals surface area contributed by atoms with Gasteiger partial charge in [-0.25, -0.2) is 24.3 Å². The van der Waals surface area contributed by atoms with Crippen molar-refractivity contribution in [3.63, 3.8) is 0 Å². The van der Waals surface area contributed by atoms with E-state index in [4.69, 9.17) is 4.74 Å². The van der Waals surface area contributed by atoms with Gasteiger partial charge >= 0.3 is 0 Å². The monoisotopic (exact) mass is 541 g/mol. The van der Waals surface area contributed by atoms with Crippen molar-refractivity contribution < 1.29 is 9.13 Å². The summed E-state index contributed by atoms with van der Waals surface area (Å²) in [5.41, 5.74) is 2.60. The number of hydrogen-bond acceptors (Lipinski definition) is 10. The molecule has 10 nitrogen and oxygen atoms in total. The molecule has 0 unspecified atom stereocenters. The maximum absolute atomic E-state index is 14.8. The number of benzene rings is 2. The van der Waals surface area contributed by atoms with Gasteiger partial charge in [0.2, 0.25) is 17.8 Å². The number of halogens is 1. The first-order valence-electron chi connectivity index (χ1n) is 13.7. The van der Waals surface area contributed by atoms with Crippen LogP contribution in [-0.4, -0.2) is 70.3 Å². The van der Waals surface area contributed by atoms with Crippen molar-refractivity contribution in [2.45, 2.75) is 25.4 Å². The third-order valence-electron chi connectivity index (χ3n) is 7.09. The average Bonchev–Trinajstić information content (AvgIpc) is 3.00. The van der Waals surface area contributed by atoms with E-state index in [1.165, 1.54) is 18.0 Å². The number of nitrogens with zero attached hydrogens (tertiary/aromatic N) is 7. The van der Waals surface area contributed by atoms with Gasteiger partial charge in [-0.2, -0.15) is 4.98 Å². The van der Waals surface area contributed by atoms with Crippen molar-refractivity contribution in [1.29, 1.82) is 0 Å². The van der Waals surface area contributed by atoms with E-state index < -0.39 is 5.82 Å². The highest BCUT2D eigenvalue weighted by Crippen LogP contribution is 2.25. The standard InChI is InChI=1S/C29H32FN9O/c30-25-16-23(40-24-7-4-10-31-19-24)8-9-26(25)36-27-34-20-35-29(37-27)39-13-11-38(12-14-39)28-32-17-22(18-33-28)15-21-5-2-1-3-6-21/h1-3,5-6,8-9,16-18,20,24,31H,4,7,10-15,19H2,(H,34,35,36,37)/t24-/m0/s1. The molecule has 0 radical (unpaired) electrons. The highest BCUT2D eigenvalue weighted by atomic mass is 19.1.